The van der Waals surface area contributed by atoms with Gasteiger partial charge in [0.1, 0.15) is 12.0 Å². The van der Waals surface area contributed by atoms with Crippen molar-refractivity contribution in [2.45, 2.75) is 19.3 Å². The first-order valence-electron chi connectivity index (χ1n) is 4.54. The Morgan fingerprint density at radius 3 is 2.93 bits per heavy atom. The van der Waals surface area contributed by atoms with Gasteiger partial charge >= 0.3 is 0 Å². The molecule has 3 heteroatoms. The summed E-state index contributed by atoms with van der Waals surface area (Å²) in [6.45, 7) is 0. The highest BCUT2D eigenvalue weighted by Crippen LogP contribution is 2.29. The van der Waals surface area contributed by atoms with E-state index in [4.69, 9.17) is 4.74 Å². The van der Waals surface area contributed by atoms with Crippen LogP contribution in [0, 0.1) is 0 Å². The zero-order chi connectivity index (χ0) is 10.4. The van der Waals surface area contributed by atoms with Gasteiger partial charge in [-0.2, -0.15) is 0 Å². The Morgan fingerprint density at radius 1 is 1.50 bits per heavy atom. The van der Waals surface area contributed by atoms with Crippen LogP contribution in [0.4, 0.5) is 0 Å². The van der Waals surface area contributed by atoms with E-state index in [0.717, 1.165) is 34.9 Å². The van der Waals surface area contributed by atoms with E-state index in [2.05, 4.69) is 15.9 Å². The van der Waals surface area contributed by atoms with Crippen LogP contribution in [0.15, 0.2) is 22.7 Å². The fourth-order valence-electron chi connectivity index (χ4n) is 1.35. The third-order valence-corrected chi connectivity index (χ3v) is 2.65. The highest BCUT2D eigenvalue weighted by atomic mass is 79.9. The standard InChI is InChI=1S/C11H13BrO2/c1-14-11-9(5-2-3-8-13)6-4-7-10(11)12/h4,6-8H,2-3,5H2,1H3. The Kier molecular flexibility index (Phi) is 4.66. The highest BCUT2D eigenvalue weighted by Gasteiger charge is 2.05. The van der Waals surface area contributed by atoms with Gasteiger partial charge in [0.15, 0.2) is 0 Å². The predicted octanol–water partition coefficient (Wildman–Crippen LogP) is 2.98. The van der Waals surface area contributed by atoms with Crippen LogP contribution in [-0.2, 0) is 11.2 Å². The summed E-state index contributed by atoms with van der Waals surface area (Å²) in [5, 5.41) is 0. The molecule has 0 aliphatic heterocycles. The molecule has 14 heavy (non-hydrogen) atoms. The second-order valence-electron chi connectivity index (χ2n) is 2.99. The Bertz CT molecular complexity index is 310. The third kappa shape index (κ3) is 2.84. The van der Waals surface area contributed by atoms with Crippen molar-refractivity contribution in [2.24, 2.45) is 0 Å². The van der Waals surface area contributed by atoms with Gasteiger partial charge in [0, 0.05) is 6.42 Å². The van der Waals surface area contributed by atoms with Crippen molar-refractivity contribution in [1.82, 2.24) is 0 Å². The summed E-state index contributed by atoms with van der Waals surface area (Å²) in [7, 11) is 1.66. The number of unbranched alkanes of at least 4 members (excludes halogenated alkanes) is 1. The van der Waals surface area contributed by atoms with E-state index < -0.39 is 0 Å². The number of rotatable bonds is 5. The maximum absolute atomic E-state index is 10.2. The fraction of sp³-hybridized carbons (Fsp3) is 0.364. The molecule has 0 atom stereocenters. The third-order valence-electron chi connectivity index (χ3n) is 2.02. The maximum Gasteiger partial charge on any atom is 0.136 e. The molecule has 0 aromatic heterocycles. The first-order chi connectivity index (χ1) is 6.79. The normalized spacial score (nSPS) is 9.86. The van der Waals surface area contributed by atoms with Gasteiger partial charge in [0.25, 0.3) is 0 Å². The summed E-state index contributed by atoms with van der Waals surface area (Å²) in [4.78, 5) is 10.2. The van der Waals surface area contributed by atoms with Crippen molar-refractivity contribution >= 4 is 22.2 Å². The van der Waals surface area contributed by atoms with Crippen LogP contribution in [0.3, 0.4) is 0 Å². The van der Waals surface area contributed by atoms with Gasteiger partial charge in [0.2, 0.25) is 0 Å². The van der Waals surface area contributed by atoms with Crippen molar-refractivity contribution < 1.29 is 9.53 Å². The molecule has 0 fully saturated rings. The lowest BCUT2D eigenvalue weighted by Crippen LogP contribution is -1.93. The number of aldehydes is 1. The second kappa shape index (κ2) is 5.81. The van der Waals surface area contributed by atoms with Crippen LogP contribution >= 0.6 is 15.9 Å². The van der Waals surface area contributed by atoms with Gasteiger partial charge in [-0.15, -0.1) is 0 Å². The number of ether oxygens (including phenoxy) is 1. The molecule has 0 radical (unpaired) electrons. The van der Waals surface area contributed by atoms with E-state index in [-0.39, 0.29) is 0 Å². The molecule has 0 unspecified atom stereocenters. The zero-order valence-electron chi connectivity index (χ0n) is 8.13. The van der Waals surface area contributed by atoms with Crippen molar-refractivity contribution in [2.75, 3.05) is 7.11 Å². The zero-order valence-corrected chi connectivity index (χ0v) is 9.71. The Balaban J connectivity index is 2.74. The second-order valence-corrected chi connectivity index (χ2v) is 3.85. The Labute approximate surface area is 92.4 Å². The average molecular weight is 257 g/mol. The molecular weight excluding hydrogens is 244 g/mol. The molecule has 1 aromatic rings. The first-order valence-corrected chi connectivity index (χ1v) is 5.34. The van der Waals surface area contributed by atoms with Crippen LogP contribution < -0.4 is 4.74 Å². The molecule has 0 N–H and O–H groups in total. The summed E-state index contributed by atoms with van der Waals surface area (Å²) >= 11 is 3.42. The molecule has 76 valence electrons. The van der Waals surface area contributed by atoms with Crippen LogP contribution in [0.25, 0.3) is 0 Å². The molecule has 0 heterocycles. The van der Waals surface area contributed by atoms with Crippen LogP contribution in [0.1, 0.15) is 18.4 Å². The molecule has 1 aromatic carbocycles. The number of benzene rings is 1. The Hall–Kier alpha value is -0.830. The minimum Gasteiger partial charge on any atom is -0.495 e. The maximum atomic E-state index is 10.2. The quantitative estimate of drug-likeness (QED) is 0.598. The van der Waals surface area contributed by atoms with E-state index >= 15 is 0 Å². The number of hydrogen-bond acceptors (Lipinski definition) is 2. The number of aryl methyl sites for hydroxylation is 1. The van der Waals surface area contributed by atoms with Crippen LogP contribution in [-0.4, -0.2) is 13.4 Å². The molecule has 0 amide bonds. The number of carbonyl (C=O) groups excluding carboxylic acids is 1. The minimum absolute atomic E-state index is 0.607. The lowest BCUT2D eigenvalue weighted by atomic mass is 10.1. The summed E-state index contributed by atoms with van der Waals surface area (Å²) in [6, 6.07) is 5.94. The summed E-state index contributed by atoms with van der Waals surface area (Å²) < 4.78 is 6.23. The number of carbonyl (C=O) groups is 1. The number of para-hydroxylation sites is 1. The Morgan fingerprint density at radius 2 is 2.29 bits per heavy atom. The molecule has 0 aliphatic carbocycles. The van der Waals surface area contributed by atoms with E-state index in [1.807, 2.05) is 18.2 Å². The molecule has 0 saturated carbocycles. The fourth-order valence-corrected chi connectivity index (χ4v) is 1.92. The van der Waals surface area contributed by atoms with E-state index in [9.17, 15) is 4.79 Å². The van der Waals surface area contributed by atoms with Crippen molar-refractivity contribution in [3.05, 3.63) is 28.2 Å². The van der Waals surface area contributed by atoms with Crippen molar-refractivity contribution in [3.8, 4) is 5.75 Å². The van der Waals surface area contributed by atoms with Crippen molar-refractivity contribution in [1.29, 1.82) is 0 Å². The average Bonchev–Trinajstić information content (AvgIpc) is 2.18. The molecular formula is C11H13BrO2. The van der Waals surface area contributed by atoms with Gasteiger partial charge in [-0.05, 0) is 40.4 Å². The summed E-state index contributed by atoms with van der Waals surface area (Å²) in [6.07, 6.45) is 3.30. The van der Waals surface area contributed by atoms with Gasteiger partial charge in [-0.1, -0.05) is 12.1 Å². The molecule has 1 rings (SSSR count). The van der Waals surface area contributed by atoms with Gasteiger partial charge in [0.05, 0.1) is 11.6 Å². The summed E-state index contributed by atoms with van der Waals surface area (Å²) in [5.41, 5.74) is 1.14. The summed E-state index contributed by atoms with van der Waals surface area (Å²) in [5.74, 6) is 0.874. The molecule has 0 aliphatic rings. The number of halogens is 1. The number of methoxy groups -OCH3 is 1. The SMILES string of the molecule is COc1c(Br)cccc1CCCC=O. The molecule has 0 saturated heterocycles. The topological polar surface area (TPSA) is 26.3 Å². The largest absolute Gasteiger partial charge is 0.495 e. The van der Waals surface area contributed by atoms with Gasteiger partial charge in [-0.3, -0.25) is 0 Å². The van der Waals surface area contributed by atoms with E-state index in [1.54, 1.807) is 7.11 Å². The molecule has 2 nitrogen and oxygen atoms in total. The monoisotopic (exact) mass is 256 g/mol. The van der Waals surface area contributed by atoms with E-state index in [1.165, 1.54) is 0 Å². The predicted molar refractivity (Wildman–Crippen MR) is 59.7 cm³/mol. The van der Waals surface area contributed by atoms with E-state index in [0.29, 0.717) is 6.42 Å². The lowest BCUT2D eigenvalue weighted by molar-refractivity contribution is -0.107. The van der Waals surface area contributed by atoms with Crippen molar-refractivity contribution in [3.63, 3.8) is 0 Å². The smallest absolute Gasteiger partial charge is 0.136 e. The number of hydrogen-bond donors (Lipinski definition) is 0. The van der Waals surface area contributed by atoms with Gasteiger partial charge in [-0.25, -0.2) is 0 Å². The molecule has 0 bridgehead atoms. The van der Waals surface area contributed by atoms with Crippen LogP contribution in [0.5, 0.6) is 5.75 Å². The minimum atomic E-state index is 0.607. The highest BCUT2D eigenvalue weighted by molar-refractivity contribution is 9.10. The molecule has 0 spiro atoms. The van der Waals surface area contributed by atoms with Gasteiger partial charge < -0.3 is 9.53 Å². The lowest BCUT2D eigenvalue weighted by Gasteiger charge is -2.09. The van der Waals surface area contributed by atoms with Crippen LogP contribution in [0.2, 0.25) is 0 Å². The first kappa shape index (κ1) is 11.2.